The summed E-state index contributed by atoms with van der Waals surface area (Å²) in [7, 11) is 0. The van der Waals surface area contributed by atoms with E-state index in [1.54, 1.807) is 12.1 Å². The number of amides is 3. The number of urea groups is 1. The van der Waals surface area contributed by atoms with E-state index in [2.05, 4.69) is 5.32 Å². The number of nitrogens with one attached hydrogen (secondary N) is 1. The molecule has 1 aliphatic heterocycles. The van der Waals surface area contributed by atoms with Gasteiger partial charge in [-0.3, -0.25) is 0 Å². The van der Waals surface area contributed by atoms with E-state index >= 15 is 0 Å². The van der Waals surface area contributed by atoms with E-state index < -0.39 is 18.2 Å². The van der Waals surface area contributed by atoms with E-state index in [0.29, 0.717) is 15.5 Å². The molecule has 6 nitrogen and oxygen atoms in total. The zero-order valence-electron chi connectivity index (χ0n) is 10.7. The summed E-state index contributed by atoms with van der Waals surface area (Å²) in [5.74, 6) is 0. The molecule has 0 fully saturated rings. The van der Waals surface area contributed by atoms with Crippen molar-refractivity contribution >= 4 is 35.3 Å². The van der Waals surface area contributed by atoms with E-state index in [9.17, 15) is 14.9 Å². The first-order valence-electron chi connectivity index (χ1n) is 5.76. The van der Waals surface area contributed by atoms with E-state index in [0.717, 1.165) is 0 Å². The van der Waals surface area contributed by atoms with Gasteiger partial charge in [0.15, 0.2) is 0 Å². The van der Waals surface area contributed by atoms with Gasteiger partial charge in [-0.25, -0.2) is 14.5 Å². The van der Waals surface area contributed by atoms with Crippen LogP contribution in [0.2, 0.25) is 10.0 Å². The molecule has 0 saturated carbocycles. The number of benzene rings is 1. The number of halogens is 2. The Morgan fingerprint density at radius 1 is 1.43 bits per heavy atom. The summed E-state index contributed by atoms with van der Waals surface area (Å²) in [6.45, 7) is 1.40. The highest BCUT2D eigenvalue weighted by Gasteiger charge is 2.35. The topological polar surface area (TPSA) is 93.4 Å². The molecular weight excluding hydrogens is 317 g/mol. The first-order chi connectivity index (χ1) is 9.86. The zero-order chi connectivity index (χ0) is 15.7. The van der Waals surface area contributed by atoms with Gasteiger partial charge in [-0.15, -0.1) is 0 Å². The first-order valence-corrected chi connectivity index (χ1v) is 6.51. The second-order valence-electron chi connectivity index (χ2n) is 4.28. The molecule has 21 heavy (non-hydrogen) atoms. The van der Waals surface area contributed by atoms with E-state index in [1.165, 1.54) is 13.0 Å². The number of carbonyl (C=O) groups is 2. The summed E-state index contributed by atoms with van der Waals surface area (Å²) < 4.78 is 0. The molecule has 108 valence electrons. The molecule has 1 aromatic carbocycles. The number of nitrogens with zero attached hydrogens (tertiary/aromatic N) is 2. The Balaban J connectivity index is 2.55. The van der Waals surface area contributed by atoms with Gasteiger partial charge < -0.3 is 10.4 Å². The molecule has 2 rings (SSSR count). The van der Waals surface area contributed by atoms with E-state index in [1.807, 2.05) is 6.07 Å². The van der Waals surface area contributed by atoms with Gasteiger partial charge in [0.05, 0.1) is 27.7 Å². The lowest BCUT2D eigenvalue weighted by Crippen LogP contribution is -2.48. The van der Waals surface area contributed by atoms with Gasteiger partial charge in [-0.05, 0) is 24.6 Å². The number of imide groups is 1. The number of carbonyl (C=O) groups excluding carboxylic acids is 1. The highest BCUT2D eigenvalue weighted by molar-refractivity contribution is 6.42. The van der Waals surface area contributed by atoms with Crippen molar-refractivity contribution in [1.29, 1.82) is 5.26 Å². The van der Waals surface area contributed by atoms with Gasteiger partial charge in [0.25, 0.3) is 0 Å². The Bertz CT molecular complexity index is 709. The van der Waals surface area contributed by atoms with Crippen molar-refractivity contribution in [3.8, 4) is 6.07 Å². The molecule has 1 aromatic rings. The van der Waals surface area contributed by atoms with Gasteiger partial charge in [0, 0.05) is 5.70 Å². The molecule has 1 atom stereocenters. The van der Waals surface area contributed by atoms with Crippen molar-refractivity contribution in [2.45, 2.75) is 13.0 Å². The van der Waals surface area contributed by atoms with Crippen LogP contribution in [0.4, 0.5) is 9.59 Å². The first kappa shape index (κ1) is 15.2. The van der Waals surface area contributed by atoms with Gasteiger partial charge in [-0.1, -0.05) is 29.3 Å². The highest BCUT2D eigenvalue weighted by Crippen LogP contribution is 2.33. The Labute approximate surface area is 130 Å². The number of hydrogen-bond donors (Lipinski definition) is 2. The van der Waals surface area contributed by atoms with Gasteiger partial charge in [0.2, 0.25) is 0 Å². The molecule has 0 bridgehead atoms. The van der Waals surface area contributed by atoms with Crippen molar-refractivity contribution in [3.63, 3.8) is 0 Å². The lowest BCUT2D eigenvalue weighted by Gasteiger charge is -2.31. The molecule has 1 heterocycles. The lowest BCUT2D eigenvalue weighted by atomic mass is 9.96. The number of carboxylic acid groups (broad SMARTS) is 1. The molecule has 2 N–H and O–H groups in total. The summed E-state index contributed by atoms with van der Waals surface area (Å²) in [4.78, 5) is 23.4. The van der Waals surface area contributed by atoms with Crippen molar-refractivity contribution in [2.24, 2.45) is 0 Å². The monoisotopic (exact) mass is 325 g/mol. The maximum Gasteiger partial charge on any atom is 0.419 e. The van der Waals surface area contributed by atoms with Crippen LogP contribution in [0, 0.1) is 11.3 Å². The molecule has 1 aliphatic rings. The maximum absolute atomic E-state index is 11.9. The van der Waals surface area contributed by atoms with Crippen LogP contribution < -0.4 is 5.32 Å². The number of allylic oxidation sites excluding steroid dienone is 1. The average Bonchev–Trinajstić information content (AvgIpc) is 2.41. The molecule has 0 saturated heterocycles. The molecule has 0 aromatic heterocycles. The summed E-state index contributed by atoms with van der Waals surface area (Å²) in [5, 5.41) is 21.4. The van der Waals surface area contributed by atoms with Crippen LogP contribution in [-0.4, -0.2) is 22.1 Å². The molecule has 0 aliphatic carbocycles. The summed E-state index contributed by atoms with van der Waals surface area (Å²) >= 11 is 11.8. The number of nitriles is 1. The predicted molar refractivity (Wildman–Crippen MR) is 75.9 cm³/mol. The van der Waals surface area contributed by atoms with Crippen molar-refractivity contribution in [3.05, 3.63) is 45.1 Å². The van der Waals surface area contributed by atoms with Gasteiger partial charge in [0.1, 0.15) is 0 Å². The number of hydrogen-bond acceptors (Lipinski definition) is 3. The number of rotatable bonds is 1. The maximum atomic E-state index is 11.9. The van der Waals surface area contributed by atoms with Crippen molar-refractivity contribution in [2.75, 3.05) is 0 Å². The van der Waals surface area contributed by atoms with Crippen LogP contribution in [0.15, 0.2) is 29.5 Å². The summed E-state index contributed by atoms with van der Waals surface area (Å²) in [6, 6.07) is 5.01. The van der Waals surface area contributed by atoms with Crippen LogP contribution in [0.3, 0.4) is 0 Å². The molecule has 0 spiro atoms. The minimum Gasteiger partial charge on any atom is -0.464 e. The second-order valence-corrected chi connectivity index (χ2v) is 5.10. The van der Waals surface area contributed by atoms with Crippen LogP contribution in [0.5, 0.6) is 0 Å². The molecule has 8 heteroatoms. The lowest BCUT2D eigenvalue weighted by molar-refractivity contribution is 0.155. The zero-order valence-corrected chi connectivity index (χ0v) is 12.2. The van der Waals surface area contributed by atoms with Crippen LogP contribution in [0.25, 0.3) is 0 Å². The smallest absolute Gasteiger partial charge is 0.419 e. The second kappa shape index (κ2) is 5.64. The van der Waals surface area contributed by atoms with Crippen molar-refractivity contribution in [1.82, 2.24) is 10.2 Å². The third kappa shape index (κ3) is 2.66. The minimum absolute atomic E-state index is 0.0600. The standard InChI is InChI=1S/C13H9Cl2N3O3/c1-6-8(5-16)11(17-12(19)18(6)13(20)21)7-2-3-9(14)10(15)4-7/h2-4,11H,1H3,(H,17,19)(H,20,21). The Hall–Kier alpha value is -2.23. The fraction of sp³-hybridized carbons (Fsp3) is 0.154. The van der Waals surface area contributed by atoms with E-state index in [-0.39, 0.29) is 16.3 Å². The molecular formula is C13H9Cl2N3O3. The summed E-state index contributed by atoms with van der Waals surface area (Å²) in [6.07, 6.45) is -1.45. The fourth-order valence-corrected chi connectivity index (χ4v) is 2.37. The molecule has 1 unspecified atom stereocenters. The Kier molecular flexibility index (Phi) is 4.07. The normalized spacial score (nSPS) is 18.3. The van der Waals surface area contributed by atoms with Gasteiger partial charge in [-0.2, -0.15) is 5.26 Å². The molecule has 3 amide bonds. The van der Waals surface area contributed by atoms with Crippen LogP contribution in [0.1, 0.15) is 18.5 Å². The SMILES string of the molecule is CC1=C(C#N)C(c2ccc(Cl)c(Cl)c2)NC(=O)N1C(=O)O. The Morgan fingerprint density at radius 3 is 2.62 bits per heavy atom. The third-order valence-corrected chi connectivity index (χ3v) is 3.81. The van der Waals surface area contributed by atoms with Gasteiger partial charge >= 0.3 is 12.1 Å². The minimum atomic E-state index is -1.45. The average molecular weight is 326 g/mol. The quantitative estimate of drug-likeness (QED) is 0.825. The largest absolute Gasteiger partial charge is 0.464 e. The Morgan fingerprint density at radius 2 is 2.10 bits per heavy atom. The van der Waals surface area contributed by atoms with Crippen molar-refractivity contribution < 1.29 is 14.7 Å². The molecule has 0 radical (unpaired) electrons. The fourth-order valence-electron chi connectivity index (χ4n) is 2.06. The van der Waals surface area contributed by atoms with Crippen LogP contribution in [-0.2, 0) is 0 Å². The highest BCUT2D eigenvalue weighted by atomic mass is 35.5. The van der Waals surface area contributed by atoms with Crippen LogP contribution >= 0.6 is 23.2 Å². The third-order valence-electron chi connectivity index (χ3n) is 3.07. The summed E-state index contributed by atoms with van der Waals surface area (Å²) in [5.41, 5.74) is 0.721. The predicted octanol–water partition coefficient (Wildman–Crippen LogP) is 3.54. The van der Waals surface area contributed by atoms with E-state index in [4.69, 9.17) is 28.3 Å².